The molecule has 2 aliphatic heterocycles. The van der Waals surface area contributed by atoms with Crippen LogP contribution in [-0.4, -0.2) is 24.2 Å². The molecule has 2 aromatic carbocycles. The average Bonchev–Trinajstić information content (AvgIpc) is 2.59. The van der Waals surface area contributed by atoms with Crippen LogP contribution in [0.2, 0.25) is 0 Å². The molecular weight excluding hydrogens is 330 g/mol. The van der Waals surface area contributed by atoms with Gasteiger partial charge in [-0.3, -0.25) is 4.79 Å². The highest BCUT2D eigenvalue weighted by molar-refractivity contribution is 5.82. The van der Waals surface area contributed by atoms with Gasteiger partial charge in [-0.2, -0.15) is 0 Å². The van der Waals surface area contributed by atoms with Crippen LogP contribution >= 0.6 is 0 Å². The molecule has 1 N–H and O–H groups in total. The van der Waals surface area contributed by atoms with Crippen molar-refractivity contribution in [3.05, 3.63) is 53.6 Å². The van der Waals surface area contributed by atoms with E-state index in [0.29, 0.717) is 17.9 Å². The Bertz CT molecular complexity index is 846. The lowest BCUT2D eigenvalue weighted by atomic mass is 9.89. The van der Waals surface area contributed by atoms with Crippen LogP contribution in [0.15, 0.2) is 42.5 Å². The molecule has 0 saturated heterocycles. The number of fused-ring (bicyclic) bond motifs is 2. The molecule has 2 aliphatic rings. The Morgan fingerprint density at radius 3 is 2.69 bits per heavy atom. The van der Waals surface area contributed by atoms with E-state index in [1.807, 2.05) is 63.2 Å². The Morgan fingerprint density at radius 1 is 1.12 bits per heavy atom. The van der Waals surface area contributed by atoms with Crippen molar-refractivity contribution in [2.45, 2.75) is 44.9 Å². The minimum absolute atomic E-state index is 0.123. The van der Waals surface area contributed by atoms with Crippen molar-refractivity contribution < 1.29 is 19.0 Å². The highest BCUT2D eigenvalue weighted by Gasteiger charge is 2.36. The summed E-state index contributed by atoms with van der Waals surface area (Å²) >= 11 is 0. The van der Waals surface area contributed by atoms with Crippen LogP contribution < -0.4 is 19.5 Å². The second-order valence-electron chi connectivity index (χ2n) is 7.53. The Hall–Kier alpha value is -2.69. The molecular formula is C21H23NO4. The predicted octanol–water partition coefficient (Wildman–Crippen LogP) is 3.55. The van der Waals surface area contributed by atoms with Crippen LogP contribution in [0.5, 0.6) is 17.2 Å². The second kappa shape index (κ2) is 6.24. The van der Waals surface area contributed by atoms with Gasteiger partial charge >= 0.3 is 0 Å². The first-order valence-electron chi connectivity index (χ1n) is 8.90. The van der Waals surface area contributed by atoms with Crippen molar-refractivity contribution in [2.24, 2.45) is 0 Å². The van der Waals surface area contributed by atoms with Crippen molar-refractivity contribution in [1.82, 2.24) is 5.32 Å². The monoisotopic (exact) mass is 353 g/mol. The molecule has 26 heavy (non-hydrogen) atoms. The zero-order valence-electron chi connectivity index (χ0n) is 15.2. The van der Waals surface area contributed by atoms with Gasteiger partial charge in [-0.05, 0) is 44.5 Å². The highest BCUT2D eigenvalue weighted by Crippen LogP contribution is 2.40. The maximum atomic E-state index is 12.8. The van der Waals surface area contributed by atoms with Gasteiger partial charge in [0.2, 0.25) is 6.10 Å². The van der Waals surface area contributed by atoms with Crippen LogP contribution in [0, 0.1) is 6.92 Å². The first kappa shape index (κ1) is 16.8. The maximum absolute atomic E-state index is 12.8. The van der Waals surface area contributed by atoms with Gasteiger partial charge in [0.05, 0.1) is 6.04 Å². The number of hydrogen-bond acceptors (Lipinski definition) is 4. The molecule has 0 fully saturated rings. The first-order chi connectivity index (χ1) is 12.4. The van der Waals surface area contributed by atoms with Gasteiger partial charge < -0.3 is 19.5 Å². The molecule has 0 aromatic heterocycles. The van der Waals surface area contributed by atoms with Crippen molar-refractivity contribution in [1.29, 1.82) is 0 Å². The highest BCUT2D eigenvalue weighted by atomic mass is 16.6. The lowest BCUT2D eigenvalue weighted by molar-refractivity contribution is -0.131. The molecule has 0 spiro atoms. The third-order valence-corrected chi connectivity index (χ3v) is 4.74. The lowest BCUT2D eigenvalue weighted by Gasteiger charge is -2.38. The number of carbonyl (C=O) groups excluding carboxylic acids is 1. The number of nitrogens with one attached hydrogen (secondary N) is 1. The third kappa shape index (κ3) is 3.21. The molecule has 2 heterocycles. The van der Waals surface area contributed by atoms with E-state index >= 15 is 0 Å². The fourth-order valence-electron chi connectivity index (χ4n) is 3.50. The quantitative estimate of drug-likeness (QED) is 0.897. The van der Waals surface area contributed by atoms with Crippen molar-refractivity contribution >= 4 is 5.91 Å². The number of carbonyl (C=O) groups is 1. The molecule has 2 atom stereocenters. The van der Waals surface area contributed by atoms with Crippen molar-refractivity contribution in [2.75, 3.05) is 6.61 Å². The molecule has 4 rings (SSSR count). The molecule has 1 amide bonds. The molecule has 136 valence electrons. The normalized spacial score (nSPS) is 22.7. The van der Waals surface area contributed by atoms with Crippen molar-refractivity contribution in [3.63, 3.8) is 0 Å². The number of amides is 1. The van der Waals surface area contributed by atoms with Gasteiger partial charge in [-0.1, -0.05) is 24.3 Å². The number of hydrogen-bond donors (Lipinski definition) is 1. The largest absolute Gasteiger partial charge is 0.487 e. The standard InChI is InChI=1S/C21H23NO4/c1-13-8-9-14-15(11-21(2,3)26-18(14)10-13)22-20(23)19-12-24-16-6-4-5-7-17(16)25-19/h4-10,15,19H,11-12H2,1-3H3,(H,22,23)/t15-,19+/m1/s1. The van der Waals surface area contributed by atoms with E-state index in [1.54, 1.807) is 0 Å². The zero-order chi connectivity index (χ0) is 18.3. The summed E-state index contributed by atoms with van der Waals surface area (Å²) in [6, 6.07) is 13.4. The van der Waals surface area contributed by atoms with Crippen LogP contribution in [-0.2, 0) is 4.79 Å². The number of benzene rings is 2. The summed E-state index contributed by atoms with van der Waals surface area (Å²) in [4.78, 5) is 12.8. The summed E-state index contributed by atoms with van der Waals surface area (Å²) in [6.07, 6.45) is 0.0312. The van der Waals surface area contributed by atoms with E-state index in [9.17, 15) is 4.79 Å². The average molecular weight is 353 g/mol. The molecule has 0 aliphatic carbocycles. The first-order valence-corrected chi connectivity index (χ1v) is 8.90. The second-order valence-corrected chi connectivity index (χ2v) is 7.53. The van der Waals surface area contributed by atoms with Gasteiger partial charge in [0, 0.05) is 12.0 Å². The maximum Gasteiger partial charge on any atom is 0.265 e. The number of ether oxygens (including phenoxy) is 3. The summed E-state index contributed by atoms with van der Waals surface area (Å²) in [5.41, 5.74) is 1.78. The summed E-state index contributed by atoms with van der Waals surface area (Å²) in [5, 5.41) is 3.13. The fourth-order valence-corrected chi connectivity index (χ4v) is 3.50. The molecule has 2 aromatic rings. The SMILES string of the molecule is Cc1ccc2c(c1)OC(C)(C)C[C@H]2NC(=O)[C@@H]1COc2ccccc2O1. The molecule has 0 bridgehead atoms. The van der Waals surface area contributed by atoms with E-state index in [1.165, 1.54) is 0 Å². The van der Waals surface area contributed by atoms with Crippen molar-refractivity contribution in [3.8, 4) is 17.2 Å². The summed E-state index contributed by atoms with van der Waals surface area (Å²) in [6.45, 7) is 6.31. The Balaban J connectivity index is 1.53. The number of para-hydroxylation sites is 2. The lowest BCUT2D eigenvalue weighted by Crippen LogP contribution is -2.48. The fraction of sp³-hybridized carbons (Fsp3) is 0.381. The summed E-state index contributed by atoms with van der Waals surface area (Å²) in [5.74, 6) is 1.93. The molecule has 0 radical (unpaired) electrons. The Morgan fingerprint density at radius 2 is 1.88 bits per heavy atom. The van der Waals surface area contributed by atoms with E-state index in [-0.39, 0.29) is 24.2 Å². The topological polar surface area (TPSA) is 56.8 Å². The number of aryl methyl sites for hydroxylation is 1. The van der Waals surface area contributed by atoms with Crippen LogP contribution in [0.3, 0.4) is 0 Å². The predicted molar refractivity (Wildman–Crippen MR) is 97.7 cm³/mol. The summed E-state index contributed by atoms with van der Waals surface area (Å²) in [7, 11) is 0. The summed E-state index contributed by atoms with van der Waals surface area (Å²) < 4.78 is 17.6. The molecule has 0 unspecified atom stereocenters. The minimum atomic E-state index is -0.662. The van der Waals surface area contributed by atoms with E-state index in [4.69, 9.17) is 14.2 Å². The van der Waals surface area contributed by atoms with Gasteiger partial charge in [0.15, 0.2) is 11.5 Å². The van der Waals surface area contributed by atoms with E-state index < -0.39 is 6.10 Å². The van der Waals surface area contributed by atoms with Gasteiger partial charge in [0.25, 0.3) is 5.91 Å². The van der Waals surface area contributed by atoms with Gasteiger partial charge in [-0.25, -0.2) is 0 Å². The van der Waals surface area contributed by atoms with E-state index in [0.717, 1.165) is 16.9 Å². The van der Waals surface area contributed by atoms with Gasteiger partial charge in [0.1, 0.15) is 18.0 Å². The van der Waals surface area contributed by atoms with Crippen LogP contribution in [0.4, 0.5) is 0 Å². The Kier molecular flexibility index (Phi) is 4.02. The molecule has 5 heteroatoms. The third-order valence-electron chi connectivity index (χ3n) is 4.74. The molecule has 0 saturated carbocycles. The van der Waals surface area contributed by atoms with Crippen LogP contribution in [0.1, 0.15) is 37.4 Å². The smallest absolute Gasteiger partial charge is 0.265 e. The Labute approximate surface area is 153 Å². The van der Waals surface area contributed by atoms with E-state index in [2.05, 4.69) is 5.32 Å². The van der Waals surface area contributed by atoms with Gasteiger partial charge in [-0.15, -0.1) is 0 Å². The molecule has 5 nitrogen and oxygen atoms in total. The van der Waals surface area contributed by atoms with Crippen LogP contribution in [0.25, 0.3) is 0 Å². The zero-order valence-corrected chi connectivity index (χ0v) is 15.2. The number of rotatable bonds is 2. The minimum Gasteiger partial charge on any atom is -0.487 e.